The molecule has 4 nitrogen and oxygen atoms in total. The van der Waals surface area contributed by atoms with Gasteiger partial charge in [0.25, 0.3) is 5.91 Å². The quantitative estimate of drug-likeness (QED) is 0.429. The number of hydrogen-bond donors (Lipinski definition) is 1. The van der Waals surface area contributed by atoms with Gasteiger partial charge in [-0.1, -0.05) is 29.5 Å². The van der Waals surface area contributed by atoms with Gasteiger partial charge < -0.3 is 0 Å². The lowest BCUT2D eigenvalue weighted by Crippen LogP contribution is -2.15. The summed E-state index contributed by atoms with van der Waals surface area (Å²) in [5, 5.41) is 5.83. The van der Waals surface area contributed by atoms with E-state index < -0.39 is 23.1 Å². The zero-order valence-electron chi connectivity index (χ0n) is 15.6. The van der Waals surface area contributed by atoms with Crippen molar-refractivity contribution in [2.75, 3.05) is 5.32 Å². The summed E-state index contributed by atoms with van der Waals surface area (Å²) < 4.78 is 27.8. The van der Waals surface area contributed by atoms with Gasteiger partial charge in [-0.3, -0.25) is 10.1 Å². The van der Waals surface area contributed by atoms with Crippen molar-refractivity contribution >= 4 is 33.7 Å². The van der Waals surface area contributed by atoms with E-state index in [1.807, 2.05) is 11.4 Å². The Hall–Kier alpha value is -2.97. The van der Waals surface area contributed by atoms with Crippen LogP contribution in [0.5, 0.6) is 0 Å². The number of rotatable bonds is 3. The molecule has 0 spiro atoms. The molecule has 0 radical (unpaired) electrons. The van der Waals surface area contributed by atoms with Crippen LogP contribution >= 0.6 is 22.7 Å². The number of aromatic nitrogens is 2. The van der Waals surface area contributed by atoms with Gasteiger partial charge in [0.1, 0.15) is 22.2 Å². The second-order valence-corrected chi connectivity index (χ2v) is 8.80. The van der Waals surface area contributed by atoms with Gasteiger partial charge in [-0.05, 0) is 48.6 Å². The Balaban J connectivity index is 1.48. The van der Waals surface area contributed by atoms with E-state index in [9.17, 15) is 13.6 Å². The molecule has 1 aliphatic rings. The molecular weight excluding hydrogens is 424 g/mol. The van der Waals surface area contributed by atoms with Crippen LogP contribution in [0.15, 0.2) is 48.0 Å². The SMILES string of the molecule is O=C(Nc1nc2c(s1)-c1ccc(-c3nccs3)cc1CCC2)c1c(F)cccc1F. The summed E-state index contributed by atoms with van der Waals surface area (Å²) in [5.41, 5.74) is 3.67. The number of amides is 1. The highest BCUT2D eigenvalue weighted by atomic mass is 32.1. The third kappa shape index (κ3) is 3.42. The number of nitrogens with one attached hydrogen (secondary N) is 1. The van der Waals surface area contributed by atoms with Crippen molar-refractivity contribution in [1.82, 2.24) is 9.97 Å². The van der Waals surface area contributed by atoms with Crippen LogP contribution in [0, 0.1) is 11.6 Å². The van der Waals surface area contributed by atoms with Crippen LogP contribution in [-0.4, -0.2) is 15.9 Å². The molecule has 0 fully saturated rings. The number of hydrogen-bond acceptors (Lipinski definition) is 5. The monoisotopic (exact) mass is 439 g/mol. The van der Waals surface area contributed by atoms with Gasteiger partial charge in [0.2, 0.25) is 0 Å². The van der Waals surface area contributed by atoms with E-state index in [0.29, 0.717) is 5.13 Å². The van der Waals surface area contributed by atoms with Crippen LogP contribution in [-0.2, 0) is 12.8 Å². The van der Waals surface area contributed by atoms with E-state index in [1.54, 1.807) is 17.5 Å². The summed E-state index contributed by atoms with van der Waals surface area (Å²) in [6.07, 6.45) is 4.43. The van der Waals surface area contributed by atoms with Crippen LogP contribution in [0.3, 0.4) is 0 Å². The van der Waals surface area contributed by atoms with Gasteiger partial charge >= 0.3 is 0 Å². The largest absolute Gasteiger partial charge is 0.298 e. The number of benzene rings is 2. The molecular formula is C22H15F2N3OS2. The van der Waals surface area contributed by atoms with Gasteiger partial charge in [0.05, 0.1) is 10.6 Å². The third-order valence-corrected chi connectivity index (χ3v) is 6.86. The molecule has 2 aromatic heterocycles. The lowest BCUT2D eigenvalue weighted by molar-refractivity contribution is 0.101. The first kappa shape index (κ1) is 19.0. The fourth-order valence-corrected chi connectivity index (χ4v) is 5.33. The summed E-state index contributed by atoms with van der Waals surface area (Å²) >= 11 is 2.93. The van der Waals surface area contributed by atoms with Crippen molar-refractivity contribution in [2.24, 2.45) is 0 Å². The highest BCUT2D eigenvalue weighted by molar-refractivity contribution is 7.19. The molecule has 150 valence electrons. The standard InChI is InChI=1S/C22H15F2N3OS2/c23-15-4-2-5-16(24)18(15)20(28)27-22-26-17-6-1-3-12-11-13(21-25-9-10-29-21)7-8-14(12)19(17)30-22/h2,4-5,7-11H,1,3,6H2,(H,26,27,28). The molecule has 1 amide bonds. The highest BCUT2D eigenvalue weighted by Gasteiger charge is 2.23. The predicted molar refractivity (Wildman–Crippen MR) is 115 cm³/mol. The van der Waals surface area contributed by atoms with E-state index in [2.05, 4.69) is 27.4 Å². The second-order valence-electron chi connectivity index (χ2n) is 6.91. The zero-order valence-corrected chi connectivity index (χ0v) is 17.2. The van der Waals surface area contributed by atoms with Crippen molar-refractivity contribution in [3.05, 3.63) is 76.4 Å². The molecule has 0 unspecified atom stereocenters. The molecule has 1 aliphatic carbocycles. The maximum absolute atomic E-state index is 13.9. The maximum atomic E-state index is 13.9. The number of aryl methyl sites for hydroxylation is 2. The molecule has 2 heterocycles. The first-order chi connectivity index (χ1) is 14.6. The molecule has 0 atom stereocenters. The fraction of sp³-hybridized carbons (Fsp3) is 0.136. The molecule has 0 aliphatic heterocycles. The number of fused-ring (bicyclic) bond motifs is 3. The maximum Gasteiger partial charge on any atom is 0.263 e. The van der Waals surface area contributed by atoms with Crippen LogP contribution in [0.25, 0.3) is 21.0 Å². The highest BCUT2D eigenvalue weighted by Crippen LogP contribution is 2.40. The Bertz CT molecular complexity index is 1230. The van der Waals surface area contributed by atoms with Gasteiger partial charge in [-0.15, -0.1) is 11.3 Å². The van der Waals surface area contributed by atoms with Gasteiger partial charge in [-0.25, -0.2) is 18.7 Å². The molecule has 0 saturated carbocycles. The third-order valence-electron chi connectivity index (χ3n) is 5.00. The molecule has 0 saturated heterocycles. The van der Waals surface area contributed by atoms with Crippen LogP contribution in [0.4, 0.5) is 13.9 Å². The van der Waals surface area contributed by atoms with Gasteiger partial charge in [0, 0.05) is 17.1 Å². The second kappa shape index (κ2) is 7.70. The van der Waals surface area contributed by atoms with E-state index in [1.165, 1.54) is 23.0 Å². The average molecular weight is 440 g/mol. The molecule has 0 bridgehead atoms. The fourth-order valence-electron chi connectivity index (χ4n) is 3.63. The Morgan fingerprint density at radius 3 is 2.70 bits per heavy atom. The lowest BCUT2D eigenvalue weighted by Gasteiger charge is -2.07. The minimum atomic E-state index is -0.898. The molecule has 5 rings (SSSR count). The first-order valence-electron chi connectivity index (χ1n) is 9.38. The van der Waals surface area contributed by atoms with Crippen molar-refractivity contribution < 1.29 is 13.6 Å². The Kier molecular flexibility index (Phi) is 4.88. The average Bonchev–Trinajstić information content (AvgIpc) is 3.35. The number of thiazole rings is 2. The van der Waals surface area contributed by atoms with Gasteiger partial charge in [-0.2, -0.15) is 0 Å². The zero-order chi connectivity index (χ0) is 20.7. The van der Waals surface area contributed by atoms with E-state index in [0.717, 1.165) is 58.1 Å². The summed E-state index contributed by atoms with van der Waals surface area (Å²) in [4.78, 5) is 22.3. The normalized spacial score (nSPS) is 12.7. The number of halogens is 2. The smallest absolute Gasteiger partial charge is 0.263 e. The van der Waals surface area contributed by atoms with E-state index >= 15 is 0 Å². The topological polar surface area (TPSA) is 54.9 Å². The summed E-state index contributed by atoms with van der Waals surface area (Å²) in [6, 6.07) is 9.62. The molecule has 8 heteroatoms. The van der Waals surface area contributed by atoms with Crippen LogP contribution in [0.2, 0.25) is 0 Å². The van der Waals surface area contributed by atoms with Crippen molar-refractivity contribution in [3.63, 3.8) is 0 Å². The van der Waals surface area contributed by atoms with Crippen LogP contribution in [0.1, 0.15) is 28.0 Å². The number of anilines is 1. The molecule has 30 heavy (non-hydrogen) atoms. The van der Waals surface area contributed by atoms with E-state index in [-0.39, 0.29) is 0 Å². The minimum absolute atomic E-state index is 0.338. The number of carbonyl (C=O) groups is 1. The number of nitrogens with zero attached hydrogens (tertiary/aromatic N) is 2. The van der Waals surface area contributed by atoms with Crippen molar-refractivity contribution in [2.45, 2.75) is 19.3 Å². The first-order valence-corrected chi connectivity index (χ1v) is 11.1. The molecule has 2 aromatic carbocycles. The minimum Gasteiger partial charge on any atom is -0.298 e. The summed E-state index contributed by atoms with van der Waals surface area (Å²) in [5.74, 6) is -2.63. The molecule has 4 aromatic rings. The molecule has 1 N–H and O–H groups in total. The van der Waals surface area contributed by atoms with Gasteiger partial charge in [0.15, 0.2) is 5.13 Å². The van der Waals surface area contributed by atoms with Crippen LogP contribution < -0.4 is 5.32 Å². The van der Waals surface area contributed by atoms with Crippen molar-refractivity contribution in [3.8, 4) is 21.0 Å². The Morgan fingerprint density at radius 2 is 1.93 bits per heavy atom. The lowest BCUT2D eigenvalue weighted by atomic mass is 10.0. The summed E-state index contributed by atoms with van der Waals surface area (Å²) in [6.45, 7) is 0. The Morgan fingerprint density at radius 1 is 1.10 bits per heavy atom. The predicted octanol–water partition coefficient (Wildman–Crippen LogP) is 5.95. The van der Waals surface area contributed by atoms with E-state index in [4.69, 9.17) is 0 Å². The Labute approximate surface area is 179 Å². The number of carbonyl (C=O) groups excluding carboxylic acids is 1. The summed E-state index contributed by atoms with van der Waals surface area (Å²) in [7, 11) is 0. The van der Waals surface area contributed by atoms with Crippen molar-refractivity contribution in [1.29, 1.82) is 0 Å².